The molecule has 1 aromatic carbocycles. The fourth-order valence-corrected chi connectivity index (χ4v) is 2.11. The SMILES string of the molecule is C=C1C=Cc2c(C)c(C(C)C)cc(F)c2N1. The number of rotatable bonds is 1. The van der Waals surface area contributed by atoms with Crippen LogP contribution in [0.3, 0.4) is 0 Å². The summed E-state index contributed by atoms with van der Waals surface area (Å²) >= 11 is 0. The molecule has 16 heavy (non-hydrogen) atoms. The molecule has 1 heterocycles. The Morgan fingerprint density at radius 2 is 2.00 bits per heavy atom. The summed E-state index contributed by atoms with van der Waals surface area (Å²) in [7, 11) is 0. The van der Waals surface area contributed by atoms with Crippen LogP contribution in [0.2, 0.25) is 0 Å². The third kappa shape index (κ3) is 1.64. The van der Waals surface area contributed by atoms with Crippen LogP contribution in [0, 0.1) is 12.7 Å². The maximum atomic E-state index is 13.9. The second-order valence-electron chi connectivity index (χ2n) is 4.50. The van der Waals surface area contributed by atoms with Gasteiger partial charge in [-0.2, -0.15) is 0 Å². The molecule has 1 nitrogen and oxygen atoms in total. The van der Waals surface area contributed by atoms with E-state index in [9.17, 15) is 4.39 Å². The molecule has 0 atom stereocenters. The lowest BCUT2D eigenvalue weighted by atomic mass is 9.91. The fourth-order valence-electron chi connectivity index (χ4n) is 2.11. The van der Waals surface area contributed by atoms with E-state index in [2.05, 4.69) is 25.7 Å². The van der Waals surface area contributed by atoms with Crippen molar-refractivity contribution in [3.8, 4) is 0 Å². The molecule has 0 radical (unpaired) electrons. The second kappa shape index (κ2) is 3.78. The van der Waals surface area contributed by atoms with Gasteiger partial charge in [-0.3, -0.25) is 0 Å². The molecule has 0 unspecified atom stereocenters. The summed E-state index contributed by atoms with van der Waals surface area (Å²) in [4.78, 5) is 0. The van der Waals surface area contributed by atoms with E-state index in [1.54, 1.807) is 6.07 Å². The first-order chi connectivity index (χ1) is 7.50. The minimum Gasteiger partial charge on any atom is -0.353 e. The van der Waals surface area contributed by atoms with Crippen LogP contribution in [0.25, 0.3) is 6.08 Å². The molecule has 0 saturated heterocycles. The van der Waals surface area contributed by atoms with Crippen LogP contribution in [0.1, 0.15) is 36.5 Å². The standard InChI is InChI=1S/C14H16FN/c1-8(2)12-7-13(15)14-11(10(12)4)6-5-9(3)16-14/h5-8,16H,3H2,1-2,4H3. The Labute approximate surface area is 95.7 Å². The summed E-state index contributed by atoms with van der Waals surface area (Å²) in [6.07, 6.45) is 3.80. The molecular weight excluding hydrogens is 201 g/mol. The number of allylic oxidation sites excluding steroid dienone is 1. The zero-order valence-corrected chi connectivity index (χ0v) is 9.89. The van der Waals surface area contributed by atoms with Gasteiger partial charge >= 0.3 is 0 Å². The third-order valence-electron chi connectivity index (χ3n) is 2.99. The van der Waals surface area contributed by atoms with Crippen LogP contribution in [0.15, 0.2) is 24.4 Å². The van der Waals surface area contributed by atoms with Crippen molar-refractivity contribution in [3.05, 3.63) is 46.9 Å². The largest absolute Gasteiger partial charge is 0.353 e. The number of hydrogen-bond donors (Lipinski definition) is 1. The zero-order valence-electron chi connectivity index (χ0n) is 9.89. The van der Waals surface area contributed by atoms with Crippen LogP contribution in [0.4, 0.5) is 10.1 Å². The number of hydrogen-bond acceptors (Lipinski definition) is 1. The van der Waals surface area contributed by atoms with Crippen molar-refractivity contribution in [3.63, 3.8) is 0 Å². The molecule has 0 aromatic heterocycles. The minimum absolute atomic E-state index is 0.199. The van der Waals surface area contributed by atoms with Crippen LogP contribution < -0.4 is 5.32 Å². The Balaban J connectivity index is 2.67. The first kappa shape index (κ1) is 10.9. The second-order valence-corrected chi connectivity index (χ2v) is 4.50. The molecule has 0 aliphatic carbocycles. The molecule has 0 fully saturated rings. The van der Waals surface area contributed by atoms with Crippen LogP contribution in [-0.4, -0.2) is 0 Å². The summed E-state index contributed by atoms with van der Waals surface area (Å²) in [6, 6.07) is 1.62. The van der Waals surface area contributed by atoms with Gasteiger partial charge in [0.2, 0.25) is 0 Å². The quantitative estimate of drug-likeness (QED) is 0.743. The van der Waals surface area contributed by atoms with Crippen molar-refractivity contribution in [2.45, 2.75) is 26.7 Å². The Morgan fingerprint density at radius 1 is 1.31 bits per heavy atom. The van der Waals surface area contributed by atoms with Crippen LogP contribution in [0.5, 0.6) is 0 Å². The Kier molecular flexibility index (Phi) is 2.58. The van der Waals surface area contributed by atoms with E-state index in [1.165, 1.54) is 0 Å². The van der Waals surface area contributed by atoms with Crippen LogP contribution >= 0.6 is 0 Å². The van der Waals surface area contributed by atoms with Gasteiger partial charge in [0.15, 0.2) is 0 Å². The Hall–Kier alpha value is -1.57. The molecule has 1 aliphatic heterocycles. The highest BCUT2D eigenvalue weighted by Gasteiger charge is 2.17. The van der Waals surface area contributed by atoms with Gasteiger partial charge in [0.1, 0.15) is 5.82 Å². The molecule has 0 bridgehead atoms. The molecule has 0 amide bonds. The average molecular weight is 217 g/mol. The Bertz CT molecular complexity index is 484. The predicted octanol–water partition coefficient (Wildman–Crippen LogP) is 4.21. The van der Waals surface area contributed by atoms with Gasteiger partial charge in [0, 0.05) is 11.3 Å². The van der Waals surface area contributed by atoms with Gasteiger partial charge < -0.3 is 5.32 Å². The van der Waals surface area contributed by atoms with Crippen molar-refractivity contribution in [2.75, 3.05) is 5.32 Å². The van der Waals surface area contributed by atoms with Gasteiger partial charge in [-0.05, 0) is 36.1 Å². The van der Waals surface area contributed by atoms with E-state index in [-0.39, 0.29) is 5.82 Å². The fraction of sp³-hybridized carbons (Fsp3) is 0.286. The number of halogens is 1. The topological polar surface area (TPSA) is 12.0 Å². The van der Waals surface area contributed by atoms with Crippen molar-refractivity contribution in [1.82, 2.24) is 0 Å². The van der Waals surface area contributed by atoms with E-state index in [1.807, 2.05) is 19.1 Å². The number of benzene rings is 1. The van der Waals surface area contributed by atoms with E-state index in [0.29, 0.717) is 11.6 Å². The summed E-state index contributed by atoms with van der Waals surface area (Å²) < 4.78 is 13.9. The average Bonchev–Trinajstić information content (AvgIpc) is 2.22. The first-order valence-corrected chi connectivity index (χ1v) is 5.47. The summed E-state index contributed by atoms with van der Waals surface area (Å²) in [5, 5.41) is 2.98. The molecule has 0 spiro atoms. The third-order valence-corrected chi connectivity index (χ3v) is 2.99. The number of nitrogens with one attached hydrogen (secondary N) is 1. The highest BCUT2D eigenvalue weighted by atomic mass is 19.1. The van der Waals surface area contributed by atoms with Crippen LogP contribution in [-0.2, 0) is 0 Å². The van der Waals surface area contributed by atoms with E-state index in [4.69, 9.17) is 0 Å². The molecular formula is C14H16FN. The van der Waals surface area contributed by atoms with Crippen molar-refractivity contribution >= 4 is 11.8 Å². The highest BCUT2D eigenvalue weighted by molar-refractivity contribution is 5.78. The summed E-state index contributed by atoms with van der Waals surface area (Å²) in [5.41, 5.74) is 4.42. The smallest absolute Gasteiger partial charge is 0.147 e. The van der Waals surface area contributed by atoms with Gasteiger partial charge in [0.25, 0.3) is 0 Å². The van der Waals surface area contributed by atoms with E-state index in [0.717, 1.165) is 22.4 Å². The van der Waals surface area contributed by atoms with E-state index >= 15 is 0 Å². The highest BCUT2D eigenvalue weighted by Crippen LogP contribution is 2.34. The van der Waals surface area contributed by atoms with E-state index < -0.39 is 0 Å². The van der Waals surface area contributed by atoms with Gasteiger partial charge in [-0.15, -0.1) is 0 Å². The summed E-state index contributed by atoms with van der Waals surface area (Å²) in [5.74, 6) is 0.133. The lowest BCUT2D eigenvalue weighted by Gasteiger charge is -2.21. The number of fused-ring (bicyclic) bond motifs is 1. The molecule has 2 heteroatoms. The van der Waals surface area contributed by atoms with Gasteiger partial charge in [0.05, 0.1) is 5.69 Å². The maximum absolute atomic E-state index is 13.9. The lowest BCUT2D eigenvalue weighted by molar-refractivity contribution is 0.625. The molecule has 0 saturated carbocycles. The first-order valence-electron chi connectivity index (χ1n) is 5.47. The van der Waals surface area contributed by atoms with Crippen molar-refractivity contribution in [2.24, 2.45) is 0 Å². The van der Waals surface area contributed by atoms with Crippen molar-refractivity contribution < 1.29 is 4.39 Å². The predicted molar refractivity (Wildman–Crippen MR) is 67.0 cm³/mol. The van der Waals surface area contributed by atoms with Gasteiger partial charge in [-0.1, -0.05) is 26.5 Å². The molecule has 2 rings (SSSR count). The molecule has 1 N–H and O–H groups in total. The minimum atomic E-state index is -0.199. The normalized spacial score (nSPS) is 13.9. The van der Waals surface area contributed by atoms with Crippen molar-refractivity contribution in [1.29, 1.82) is 0 Å². The van der Waals surface area contributed by atoms with Gasteiger partial charge in [-0.25, -0.2) is 4.39 Å². The molecule has 1 aromatic rings. The lowest BCUT2D eigenvalue weighted by Crippen LogP contribution is -2.08. The molecule has 84 valence electrons. The Morgan fingerprint density at radius 3 is 2.62 bits per heavy atom. The summed E-state index contributed by atoms with van der Waals surface area (Å²) in [6.45, 7) is 9.97. The zero-order chi connectivity index (χ0) is 11.9. The maximum Gasteiger partial charge on any atom is 0.147 e. The monoisotopic (exact) mass is 217 g/mol. The molecule has 1 aliphatic rings. The number of anilines is 1.